The molecule has 0 fully saturated rings. The molecule has 170 valence electrons. The molecule has 4 aromatic rings. The number of nitriles is 1. The minimum atomic E-state index is -0.527. The van der Waals surface area contributed by atoms with Gasteiger partial charge in [0.05, 0.1) is 28.1 Å². The van der Waals surface area contributed by atoms with Crippen molar-refractivity contribution < 1.29 is 14.4 Å². The lowest BCUT2D eigenvalue weighted by atomic mass is 10.1. The number of H-pyrrole nitrogens is 1. The molecule has 9 heteroatoms. The zero-order chi connectivity index (χ0) is 24.2. The highest BCUT2D eigenvalue weighted by molar-refractivity contribution is 5.90. The molecule has 0 aliphatic heterocycles. The lowest BCUT2D eigenvalue weighted by Crippen LogP contribution is -1.97. The molecular formula is C25H21N5O4. The van der Waals surface area contributed by atoms with Gasteiger partial charge >= 0.3 is 0 Å². The summed E-state index contributed by atoms with van der Waals surface area (Å²) in [6.07, 6.45) is 2.84. The van der Waals surface area contributed by atoms with Gasteiger partial charge in [-0.1, -0.05) is 6.07 Å². The first-order chi connectivity index (χ1) is 16.4. The summed E-state index contributed by atoms with van der Waals surface area (Å²) in [6.45, 7) is 6.29. The van der Waals surface area contributed by atoms with Crippen LogP contribution in [0, 0.1) is 35.3 Å². The molecule has 2 aromatic carbocycles. The monoisotopic (exact) mass is 455 g/mol. The van der Waals surface area contributed by atoms with Crippen LogP contribution in [0.1, 0.15) is 29.4 Å². The molecule has 0 saturated heterocycles. The van der Waals surface area contributed by atoms with E-state index >= 15 is 0 Å². The van der Waals surface area contributed by atoms with Gasteiger partial charge in [0.2, 0.25) is 5.88 Å². The molecule has 0 amide bonds. The third-order valence-corrected chi connectivity index (χ3v) is 5.20. The molecule has 0 unspecified atom stereocenters. The fraction of sp³-hybridized carbons (Fsp3) is 0.160. The van der Waals surface area contributed by atoms with Gasteiger partial charge in [-0.25, -0.2) is 9.97 Å². The summed E-state index contributed by atoms with van der Waals surface area (Å²) in [4.78, 5) is 22.0. The Bertz CT molecular complexity index is 1410. The minimum absolute atomic E-state index is 0.127. The smallest absolute Gasteiger partial charge is 0.287 e. The highest BCUT2D eigenvalue weighted by Crippen LogP contribution is 2.33. The topological polar surface area (TPSA) is 127 Å². The molecule has 2 aromatic heterocycles. The molecule has 0 spiro atoms. The van der Waals surface area contributed by atoms with Crippen molar-refractivity contribution in [2.45, 2.75) is 20.8 Å². The number of aromatic amines is 1. The zero-order valence-electron chi connectivity index (χ0n) is 18.8. The van der Waals surface area contributed by atoms with E-state index in [2.05, 4.69) is 21.0 Å². The van der Waals surface area contributed by atoms with Gasteiger partial charge < -0.3 is 14.5 Å². The molecule has 34 heavy (non-hydrogen) atoms. The van der Waals surface area contributed by atoms with E-state index in [0.29, 0.717) is 29.5 Å². The number of aromatic nitrogens is 3. The van der Waals surface area contributed by atoms with E-state index in [1.54, 1.807) is 24.3 Å². The molecule has 0 aliphatic rings. The van der Waals surface area contributed by atoms with Gasteiger partial charge in [-0.2, -0.15) is 5.26 Å². The van der Waals surface area contributed by atoms with Crippen LogP contribution in [0.15, 0.2) is 48.7 Å². The second kappa shape index (κ2) is 9.42. The lowest BCUT2D eigenvalue weighted by Gasteiger charge is -2.11. The maximum absolute atomic E-state index is 10.8. The summed E-state index contributed by atoms with van der Waals surface area (Å²) in [5.41, 5.74) is 4.91. The van der Waals surface area contributed by atoms with Gasteiger partial charge in [0.25, 0.3) is 5.69 Å². The second-order valence-electron chi connectivity index (χ2n) is 7.56. The number of benzene rings is 2. The Hall–Kier alpha value is -4.71. The Morgan fingerprint density at radius 3 is 2.65 bits per heavy atom. The Balaban J connectivity index is 1.65. The number of nitrogens with zero attached hydrogens (tertiary/aromatic N) is 4. The molecule has 1 N–H and O–H groups in total. The van der Waals surface area contributed by atoms with Gasteiger partial charge in [0, 0.05) is 12.1 Å². The van der Waals surface area contributed by atoms with Gasteiger partial charge in [-0.3, -0.25) is 10.1 Å². The standard InChI is InChI=1S/C25H21N5O4/c1-4-33-23-12-17(5-7-22(23)34-24-8-6-19(14-27-24)30(31)32)11-18(13-26)25-28-20-9-15(2)16(3)10-21(20)29-25/h5-12,14H,4H2,1-3H3,(H,28,29)/b18-11-. The zero-order valence-corrected chi connectivity index (χ0v) is 18.8. The molecule has 0 radical (unpaired) electrons. The minimum Gasteiger partial charge on any atom is -0.490 e. The highest BCUT2D eigenvalue weighted by atomic mass is 16.6. The number of nitrogens with one attached hydrogen (secondary N) is 1. The predicted molar refractivity (Wildman–Crippen MR) is 128 cm³/mol. The fourth-order valence-corrected chi connectivity index (χ4v) is 3.34. The number of nitro groups is 1. The Kier molecular flexibility index (Phi) is 6.23. The van der Waals surface area contributed by atoms with E-state index in [4.69, 9.17) is 9.47 Å². The third-order valence-electron chi connectivity index (χ3n) is 5.20. The molecule has 0 atom stereocenters. The van der Waals surface area contributed by atoms with Crippen LogP contribution in [-0.2, 0) is 0 Å². The molecule has 4 rings (SSSR count). The average molecular weight is 455 g/mol. The maximum atomic E-state index is 10.8. The van der Waals surface area contributed by atoms with Crippen molar-refractivity contribution in [2.24, 2.45) is 0 Å². The third kappa shape index (κ3) is 4.71. The predicted octanol–water partition coefficient (Wildman–Crippen LogP) is 5.74. The number of ether oxygens (including phenoxy) is 2. The van der Waals surface area contributed by atoms with Crippen LogP contribution in [0.25, 0.3) is 22.7 Å². The van der Waals surface area contributed by atoms with E-state index in [1.807, 2.05) is 32.9 Å². The van der Waals surface area contributed by atoms with Crippen LogP contribution in [0.2, 0.25) is 0 Å². The first-order valence-electron chi connectivity index (χ1n) is 10.5. The lowest BCUT2D eigenvalue weighted by molar-refractivity contribution is -0.385. The number of hydrogen-bond donors (Lipinski definition) is 1. The van der Waals surface area contributed by atoms with Crippen LogP contribution in [0.3, 0.4) is 0 Å². The number of pyridine rings is 1. The normalized spacial score (nSPS) is 11.3. The highest BCUT2D eigenvalue weighted by Gasteiger charge is 2.13. The van der Waals surface area contributed by atoms with E-state index in [0.717, 1.165) is 33.9 Å². The van der Waals surface area contributed by atoms with Crippen LogP contribution in [-0.4, -0.2) is 26.5 Å². The van der Waals surface area contributed by atoms with Crippen molar-refractivity contribution in [3.05, 3.63) is 81.3 Å². The quantitative estimate of drug-likeness (QED) is 0.214. The Labute approximate surface area is 195 Å². The molecular weight excluding hydrogens is 434 g/mol. The van der Waals surface area contributed by atoms with E-state index in [-0.39, 0.29) is 11.6 Å². The Morgan fingerprint density at radius 2 is 1.97 bits per heavy atom. The average Bonchev–Trinajstić information content (AvgIpc) is 3.22. The maximum Gasteiger partial charge on any atom is 0.287 e. The molecule has 0 saturated carbocycles. The molecule has 0 aliphatic carbocycles. The van der Waals surface area contributed by atoms with Crippen LogP contribution < -0.4 is 9.47 Å². The van der Waals surface area contributed by atoms with E-state index in [1.165, 1.54) is 12.1 Å². The largest absolute Gasteiger partial charge is 0.490 e. The van der Waals surface area contributed by atoms with Crippen LogP contribution >= 0.6 is 0 Å². The first kappa shape index (κ1) is 22.5. The number of fused-ring (bicyclic) bond motifs is 1. The molecule has 9 nitrogen and oxygen atoms in total. The van der Waals surface area contributed by atoms with Crippen molar-refractivity contribution >= 4 is 28.4 Å². The number of hydrogen-bond acceptors (Lipinski definition) is 7. The number of allylic oxidation sites excluding steroid dienone is 1. The van der Waals surface area contributed by atoms with Gasteiger partial charge in [0.1, 0.15) is 18.1 Å². The summed E-state index contributed by atoms with van der Waals surface area (Å²) in [7, 11) is 0. The summed E-state index contributed by atoms with van der Waals surface area (Å²) in [5, 5.41) is 20.6. The molecule has 0 bridgehead atoms. The summed E-state index contributed by atoms with van der Waals surface area (Å²) in [6, 6.07) is 14.2. The summed E-state index contributed by atoms with van der Waals surface area (Å²) >= 11 is 0. The van der Waals surface area contributed by atoms with Gasteiger partial charge in [-0.15, -0.1) is 0 Å². The van der Waals surface area contributed by atoms with Crippen molar-refractivity contribution in [1.82, 2.24) is 15.0 Å². The first-order valence-corrected chi connectivity index (χ1v) is 10.5. The van der Waals surface area contributed by atoms with Crippen LogP contribution in [0.5, 0.6) is 17.4 Å². The van der Waals surface area contributed by atoms with Gasteiger partial charge in [-0.05, 0) is 67.8 Å². The number of imidazole rings is 1. The fourth-order valence-electron chi connectivity index (χ4n) is 3.34. The van der Waals surface area contributed by atoms with Gasteiger partial charge in [0.15, 0.2) is 11.5 Å². The number of rotatable bonds is 7. The summed E-state index contributed by atoms with van der Waals surface area (Å²) < 4.78 is 11.5. The van der Waals surface area contributed by atoms with E-state index < -0.39 is 4.92 Å². The number of aryl methyl sites for hydroxylation is 2. The Morgan fingerprint density at radius 1 is 1.18 bits per heavy atom. The van der Waals surface area contributed by atoms with Crippen LogP contribution in [0.4, 0.5) is 5.69 Å². The van der Waals surface area contributed by atoms with Crippen molar-refractivity contribution in [3.8, 4) is 23.4 Å². The molecule has 2 heterocycles. The van der Waals surface area contributed by atoms with Crippen molar-refractivity contribution in [3.63, 3.8) is 0 Å². The SMILES string of the molecule is CCOc1cc(/C=C(/C#N)c2nc3cc(C)c(C)cc3[nH]2)ccc1Oc1ccc([N+](=O)[O-])cn1. The van der Waals surface area contributed by atoms with Crippen molar-refractivity contribution in [1.29, 1.82) is 5.26 Å². The van der Waals surface area contributed by atoms with Crippen molar-refractivity contribution in [2.75, 3.05) is 6.61 Å². The second-order valence-corrected chi connectivity index (χ2v) is 7.56. The summed E-state index contributed by atoms with van der Waals surface area (Å²) in [5.74, 6) is 1.52. The van der Waals surface area contributed by atoms with E-state index in [9.17, 15) is 15.4 Å².